The molecule has 0 aliphatic heterocycles. The summed E-state index contributed by atoms with van der Waals surface area (Å²) in [6, 6.07) is 6.43. The van der Waals surface area contributed by atoms with Crippen molar-refractivity contribution in [3.8, 4) is 0 Å². The van der Waals surface area contributed by atoms with Crippen molar-refractivity contribution in [2.45, 2.75) is 12.5 Å². The number of aliphatic hydroxyl groups excluding tert-OH is 3. The second kappa shape index (κ2) is 7.16. The number of aliphatic hydroxyl groups is 3. The van der Waals surface area contributed by atoms with Gasteiger partial charge in [0.05, 0.1) is 31.1 Å². The third kappa shape index (κ3) is 3.78. The summed E-state index contributed by atoms with van der Waals surface area (Å²) >= 11 is 0. The quantitative estimate of drug-likeness (QED) is 0.544. The van der Waals surface area contributed by atoms with Crippen molar-refractivity contribution < 1.29 is 24.9 Å². The fraction of sp³-hybridized carbons (Fsp3) is 0.429. The van der Waals surface area contributed by atoms with E-state index in [0.29, 0.717) is 5.69 Å². The van der Waals surface area contributed by atoms with E-state index in [1.807, 2.05) is 0 Å². The van der Waals surface area contributed by atoms with Crippen LogP contribution in [0.3, 0.4) is 0 Å². The number of hydrogen-bond acceptors (Lipinski definition) is 5. The summed E-state index contributed by atoms with van der Waals surface area (Å²) < 4.78 is 0. The molecule has 0 saturated carbocycles. The third-order valence-corrected chi connectivity index (χ3v) is 3.27. The molecule has 0 spiro atoms. The maximum Gasteiger partial charge on any atom is 0.254 e. The van der Waals surface area contributed by atoms with Gasteiger partial charge in [0, 0.05) is 14.0 Å². The zero-order valence-electron chi connectivity index (χ0n) is 12.0. The van der Waals surface area contributed by atoms with Crippen LogP contribution < -0.4 is 10.2 Å². The molecule has 0 aliphatic rings. The minimum absolute atomic E-state index is 0.204. The molecule has 0 aromatic heterocycles. The number of benzene rings is 1. The highest BCUT2D eigenvalue weighted by Gasteiger charge is 2.31. The van der Waals surface area contributed by atoms with Crippen molar-refractivity contribution in [3.63, 3.8) is 0 Å². The van der Waals surface area contributed by atoms with Gasteiger partial charge in [-0.15, -0.1) is 0 Å². The van der Waals surface area contributed by atoms with Crippen LogP contribution in [0, 0.1) is 0 Å². The molecule has 0 heterocycles. The number of carbonyl (C=O) groups excluding carboxylic acids is 2. The summed E-state index contributed by atoms with van der Waals surface area (Å²) in [6.07, 6.45) is 0. The smallest absolute Gasteiger partial charge is 0.254 e. The van der Waals surface area contributed by atoms with E-state index in [-0.39, 0.29) is 11.5 Å². The monoisotopic (exact) mass is 296 g/mol. The van der Waals surface area contributed by atoms with Crippen LogP contribution in [-0.2, 0) is 4.79 Å². The first-order chi connectivity index (χ1) is 9.90. The van der Waals surface area contributed by atoms with Crippen molar-refractivity contribution >= 4 is 17.5 Å². The van der Waals surface area contributed by atoms with Gasteiger partial charge in [0.2, 0.25) is 5.91 Å². The molecule has 1 aromatic rings. The molecule has 0 radical (unpaired) electrons. The van der Waals surface area contributed by atoms with Crippen molar-refractivity contribution in [3.05, 3.63) is 29.8 Å². The highest BCUT2D eigenvalue weighted by atomic mass is 16.3. The lowest BCUT2D eigenvalue weighted by Crippen LogP contribution is -2.57. The molecular weight excluding hydrogens is 276 g/mol. The fourth-order valence-corrected chi connectivity index (χ4v) is 1.70. The lowest BCUT2D eigenvalue weighted by atomic mass is 10.0. The van der Waals surface area contributed by atoms with Gasteiger partial charge in [0.1, 0.15) is 5.54 Å². The molecule has 0 aliphatic carbocycles. The Kier molecular flexibility index (Phi) is 5.83. The van der Waals surface area contributed by atoms with E-state index in [1.54, 1.807) is 18.2 Å². The largest absolute Gasteiger partial charge is 0.394 e. The molecule has 7 nitrogen and oxygen atoms in total. The van der Waals surface area contributed by atoms with Gasteiger partial charge in [-0.25, -0.2) is 0 Å². The lowest BCUT2D eigenvalue weighted by Gasteiger charge is -2.29. The van der Waals surface area contributed by atoms with E-state index in [9.17, 15) is 24.9 Å². The van der Waals surface area contributed by atoms with Crippen LogP contribution in [-0.4, -0.2) is 59.5 Å². The molecule has 4 N–H and O–H groups in total. The summed E-state index contributed by atoms with van der Waals surface area (Å²) in [7, 11) is 1.53. The maximum absolute atomic E-state index is 12.3. The second-order valence-electron chi connectivity index (χ2n) is 4.80. The Morgan fingerprint density at radius 1 is 1.14 bits per heavy atom. The number of amides is 2. The zero-order valence-corrected chi connectivity index (χ0v) is 12.0. The highest BCUT2D eigenvalue weighted by Crippen LogP contribution is 2.20. The summed E-state index contributed by atoms with van der Waals surface area (Å²) in [6.45, 7) is -0.475. The summed E-state index contributed by atoms with van der Waals surface area (Å²) in [4.78, 5) is 25.1. The van der Waals surface area contributed by atoms with Gasteiger partial charge in [-0.05, 0) is 12.1 Å². The number of rotatable bonds is 6. The Balaban J connectivity index is 3.11. The standard InChI is InChI=1S/C14H20N2O5/c1-10(20)16(2)12-6-4-3-5-11(12)13(21)15-14(7-17,8-18)9-19/h3-6,17-19H,7-9H2,1-2H3,(H,15,21). The first-order valence-corrected chi connectivity index (χ1v) is 6.39. The maximum atomic E-state index is 12.3. The van der Waals surface area contributed by atoms with Gasteiger partial charge in [-0.1, -0.05) is 12.1 Å². The Labute approximate surface area is 122 Å². The van der Waals surface area contributed by atoms with Crippen LogP contribution in [0.15, 0.2) is 24.3 Å². The molecule has 21 heavy (non-hydrogen) atoms. The van der Waals surface area contributed by atoms with Gasteiger partial charge in [0.15, 0.2) is 0 Å². The first-order valence-electron chi connectivity index (χ1n) is 6.39. The predicted molar refractivity (Wildman–Crippen MR) is 77.0 cm³/mol. The Morgan fingerprint density at radius 3 is 2.14 bits per heavy atom. The molecule has 1 aromatic carbocycles. The average molecular weight is 296 g/mol. The van der Waals surface area contributed by atoms with Gasteiger partial charge in [-0.2, -0.15) is 0 Å². The summed E-state index contributed by atoms with van der Waals surface area (Å²) in [5.41, 5.74) is -0.918. The Bertz CT molecular complexity index is 506. The van der Waals surface area contributed by atoms with Crippen LogP contribution in [0.5, 0.6) is 0 Å². The van der Waals surface area contributed by atoms with Gasteiger partial charge >= 0.3 is 0 Å². The van der Waals surface area contributed by atoms with Gasteiger partial charge in [0.25, 0.3) is 5.91 Å². The van der Waals surface area contributed by atoms with E-state index in [1.165, 1.54) is 24.9 Å². The number of carbonyl (C=O) groups is 2. The van der Waals surface area contributed by atoms with Crippen molar-refractivity contribution in [1.29, 1.82) is 0 Å². The van der Waals surface area contributed by atoms with Crippen LogP contribution in [0.2, 0.25) is 0 Å². The average Bonchev–Trinajstić information content (AvgIpc) is 2.51. The van der Waals surface area contributed by atoms with Crippen molar-refractivity contribution in [2.75, 3.05) is 31.8 Å². The van der Waals surface area contributed by atoms with E-state index in [4.69, 9.17) is 0 Å². The molecule has 0 fully saturated rings. The molecule has 0 atom stereocenters. The fourth-order valence-electron chi connectivity index (χ4n) is 1.70. The molecular formula is C14H20N2O5. The van der Waals surface area contributed by atoms with Crippen LogP contribution in [0.1, 0.15) is 17.3 Å². The highest BCUT2D eigenvalue weighted by molar-refractivity contribution is 6.04. The van der Waals surface area contributed by atoms with Crippen molar-refractivity contribution in [2.24, 2.45) is 0 Å². The minimum atomic E-state index is -1.51. The van der Waals surface area contributed by atoms with E-state index < -0.39 is 31.3 Å². The van der Waals surface area contributed by atoms with Gasteiger partial charge < -0.3 is 25.5 Å². The zero-order chi connectivity index (χ0) is 16.0. The normalized spacial score (nSPS) is 11.1. The predicted octanol–water partition coefficient (Wildman–Crippen LogP) is -0.885. The minimum Gasteiger partial charge on any atom is -0.394 e. The van der Waals surface area contributed by atoms with Gasteiger partial charge in [-0.3, -0.25) is 9.59 Å². The number of anilines is 1. The topological polar surface area (TPSA) is 110 Å². The van der Waals surface area contributed by atoms with E-state index in [0.717, 1.165) is 0 Å². The first kappa shape index (κ1) is 17.1. The second-order valence-corrected chi connectivity index (χ2v) is 4.80. The molecule has 0 saturated heterocycles. The van der Waals surface area contributed by atoms with Crippen LogP contribution in [0.4, 0.5) is 5.69 Å². The molecule has 0 unspecified atom stereocenters. The van der Waals surface area contributed by atoms with E-state index in [2.05, 4.69) is 5.32 Å². The Morgan fingerprint density at radius 2 is 1.67 bits per heavy atom. The number of nitrogens with one attached hydrogen (secondary N) is 1. The Hall–Kier alpha value is -1.96. The van der Waals surface area contributed by atoms with Crippen LogP contribution >= 0.6 is 0 Å². The number of para-hydroxylation sites is 1. The van der Waals surface area contributed by atoms with Crippen LogP contribution in [0.25, 0.3) is 0 Å². The van der Waals surface area contributed by atoms with E-state index >= 15 is 0 Å². The molecule has 7 heteroatoms. The van der Waals surface area contributed by atoms with Crippen molar-refractivity contribution in [1.82, 2.24) is 5.32 Å². The summed E-state index contributed by atoms with van der Waals surface area (Å²) in [5.74, 6) is -0.844. The number of hydrogen-bond donors (Lipinski definition) is 4. The number of nitrogens with zero attached hydrogens (tertiary/aromatic N) is 1. The molecule has 0 bridgehead atoms. The lowest BCUT2D eigenvalue weighted by molar-refractivity contribution is -0.116. The molecule has 116 valence electrons. The molecule has 2 amide bonds. The third-order valence-electron chi connectivity index (χ3n) is 3.27. The summed E-state index contributed by atoms with van der Waals surface area (Å²) in [5, 5.41) is 30.1. The molecule has 1 rings (SSSR count). The SMILES string of the molecule is CC(=O)N(C)c1ccccc1C(=O)NC(CO)(CO)CO.